The van der Waals surface area contributed by atoms with Gasteiger partial charge in [0.2, 0.25) is 0 Å². The summed E-state index contributed by atoms with van der Waals surface area (Å²) in [6, 6.07) is 112. The monoisotopic (exact) mass is 2800 g/mol. The van der Waals surface area contributed by atoms with E-state index < -0.39 is 64.6 Å². The van der Waals surface area contributed by atoms with Crippen LogP contribution in [0.1, 0.15) is 105 Å². The predicted octanol–water partition coefficient (Wildman–Crippen LogP) is 30.0. The molecule has 17 rings (SSSR count). The van der Waals surface area contributed by atoms with Gasteiger partial charge in [0.25, 0.3) is 0 Å². The number of aryl methyl sites for hydroxylation is 3. The number of nitrogens with zero attached hydrogens (tertiary/aromatic N) is 8. The number of aromatic nitrogens is 8. The number of hydrogen-bond donors (Lipinski definition) is 0. The Balaban J connectivity index is 0.000000258. The van der Waals surface area contributed by atoms with Gasteiger partial charge in [-0.05, 0) is 144 Å². The predicted molar refractivity (Wildman–Crippen MR) is 645 cm³/mol. The first-order chi connectivity index (χ1) is 67.9. The molecule has 1 unspecified atom stereocenters. The van der Waals surface area contributed by atoms with Crippen LogP contribution in [0.4, 0.5) is 0 Å². The van der Waals surface area contributed by atoms with Crippen LogP contribution >= 0.6 is 0 Å². The molecule has 0 aliphatic heterocycles. The Bertz CT molecular complexity index is 6400. The molecule has 1 fully saturated rings. The van der Waals surface area contributed by atoms with Gasteiger partial charge >= 0.3 is 0 Å². The second kappa shape index (κ2) is 58.9. The molecule has 786 valence electrons. The van der Waals surface area contributed by atoms with Gasteiger partial charge in [-0.3, -0.25) is 0 Å². The van der Waals surface area contributed by atoms with Gasteiger partial charge in [0, 0.05) is 130 Å². The van der Waals surface area contributed by atoms with Crippen LogP contribution in [0, 0.1) is 75.2 Å². The van der Waals surface area contributed by atoms with E-state index in [0.717, 1.165) is 102 Å². The van der Waals surface area contributed by atoms with Crippen LogP contribution in [0.5, 0.6) is 0 Å². The zero-order valence-corrected chi connectivity index (χ0v) is 111. The third kappa shape index (κ3) is 39.8. The number of benzene rings is 8. The van der Waals surface area contributed by atoms with Crippen molar-refractivity contribution in [1.82, 2.24) is 39.9 Å². The molecule has 148 heavy (non-hydrogen) atoms. The van der Waals surface area contributed by atoms with E-state index in [4.69, 9.17) is 9.97 Å². The quantitative estimate of drug-likeness (QED) is 0.0518. The van der Waals surface area contributed by atoms with Gasteiger partial charge in [0.15, 0.2) is 0 Å². The number of rotatable bonds is 21. The van der Waals surface area contributed by atoms with E-state index in [-0.39, 0.29) is 80.4 Å². The molecule has 0 saturated heterocycles. The fraction of sp³-hybridized carbons (Fsp3) is 0.312. The van der Waals surface area contributed by atoms with Gasteiger partial charge in [-0.25, -0.2) is 0 Å². The molecule has 0 bridgehead atoms. The Morgan fingerprint density at radius 1 is 0.270 bits per heavy atom. The van der Waals surface area contributed by atoms with E-state index in [2.05, 4.69) is 424 Å². The molecule has 1 aliphatic carbocycles. The molecule has 8 heterocycles. The Morgan fingerprint density at radius 3 is 0.797 bits per heavy atom. The molecule has 0 amide bonds. The Labute approximate surface area is 955 Å². The van der Waals surface area contributed by atoms with Gasteiger partial charge in [-0.2, -0.15) is 0 Å². The van der Waals surface area contributed by atoms with Crippen LogP contribution in [0.3, 0.4) is 0 Å². The number of hydrogen-bond acceptors (Lipinski definition) is 8. The molecule has 1 atom stereocenters. The van der Waals surface area contributed by atoms with Crippen molar-refractivity contribution in [2.24, 2.45) is 5.92 Å². The van der Waals surface area contributed by atoms with Crippen molar-refractivity contribution in [2.45, 2.75) is 256 Å². The first kappa shape index (κ1) is 128. The van der Waals surface area contributed by atoms with Crippen LogP contribution in [-0.2, 0) is 86.8 Å². The van der Waals surface area contributed by atoms with Crippen LogP contribution < -0.4 is 41.5 Å². The van der Waals surface area contributed by atoms with Crippen molar-refractivity contribution >= 4 is 106 Å². The molecule has 8 nitrogen and oxygen atoms in total. The largest absolute Gasteiger partial charge is 0.305 e. The summed E-state index contributed by atoms with van der Waals surface area (Å²) >= 11 is 0. The first-order valence-electron chi connectivity index (χ1n) is 51.6. The molecule has 4 radical (unpaired) electrons. The summed E-state index contributed by atoms with van der Waals surface area (Å²) in [5, 5.41) is 11.6. The topological polar surface area (TPSA) is 103 Å². The Kier molecular flexibility index (Phi) is 51.0. The molecule has 16 aromatic rings. The summed E-state index contributed by atoms with van der Waals surface area (Å²) in [5.74, 6) is 2.00. The fourth-order valence-corrected chi connectivity index (χ4v) is 28.5. The molecule has 1 aliphatic rings. The maximum atomic E-state index is 4.75. The van der Waals surface area contributed by atoms with Gasteiger partial charge in [-0.15, -0.1) is 287 Å². The van der Waals surface area contributed by atoms with Crippen LogP contribution in [0.25, 0.3) is 90.1 Å². The molecule has 0 spiro atoms. The first-order valence-corrected chi connectivity index (χ1v) is 79.6. The van der Waals surface area contributed by atoms with E-state index in [0.29, 0.717) is 11.8 Å². The van der Waals surface area contributed by atoms with E-state index >= 15 is 0 Å². The van der Waals surface area contributed by atoms with E-state index in [1.807, 2.05) is 164 Å². The summed E-state index contributed by atoms with van der Waals surface area (Å²) in [5.41, 5.74) is 25.3. The summed E-state index contributed by atoms with van der Waals surface area (Å²) < 4.78 is 0. The van der Waals surface area contributed by atoms with Gasteiger partial charge < -0.3 is 39.9 Å². The molecular formula is C128H158Ir4N8Si8-8. The van der Waals surface area contributed by atoms with Crippen LogP contribution in [0.15, 0.2) is 304 Å². The zero-order chi connectivity index (χ0) is 105. The molecule has 0 N–H and O–H groups in total. The Morgan fingerprint density at radius 2 is 0.541 bits per heavy atom. The van der Waals surface area contributed by atoms with Gasteiger partial charge in [-0.1, -0.05) is 299 Å². The summed E-state index contributed by atoms with van der Waals surface area (Å²) in [6.07, 6.45) is 24.3. The van der Waals surface area contributed by atoms with Crippen molar-refractivity contribution in [3.8, 4) is 90.1 Å². The minimum Gasteiger partial charge on any atom is -0.305 e. The second-order valence-corrected chi connectivity index (χ2v) is 87.1. The smallest absolute Gasteiger partial charge is 0.0799 e. The summed E-state index contributed by atoms with van der Waals surface area (Å²) in [7, 11) is -10.3. The molecule has 20 heteroatoms. The van der Waals surface area contributed by atoms with Crippen LogP contribution in [0.2, 0.25) is 157 Å². The van der Waals surface area contributed by atoms with Crippen molar-refractivity contribution in [3.63, 3.8) is 0 Å². The van der Waals surface area contributed by atoms with Crippen molar-refractivity contribution in [2.75, 3.05) is 0 Å². The third-order valence-electron chi connectivity index (χ3n) is 25.7. The normalized spacial score (nSPS) is 12.2. The molecule has 8 aromatic carbocycles. The van der Waals surface area contributed by atoms with Crippen molar-refractivity contribution < 1.29 is 80.4 Å². The second-order valence-electron chi connectivity index (χ2n) is 46.7. The van der Waals surface area contributed by atoms with E-state index in [1.54, 1.807) is 10.8 Å². The summed E-state index contributed by atoms with van der Waals surface area (Å²) in [4.78, 5) is 36.9. The minimum absolute atomic E-state index is 0. The SMILES string of the molecule is CC(C)Cc1cc(-c2[c-]cccc2)ncc1[Si](C)(C)C.CCC(C)c1cc(-c2[c-]cccc2)ncc1[Si](C)(C)C.C[Si](C)(C)c1ccc(-c2[c-]cccc2)nc1.C[Si](C)(C)c1ccc(-c2[c-]cccc2)nc1.C[Si](C)(C)c1ccc(-c2[c-]cccc2)nc1.C[Si](C)(C)c1cnc(-c2[c-]cccc2)cc1C1CCCC1.Cc1c[c-]c(-c2cc(C)c([Si](C)(C)C)cn2)cc1.Cc1cc(-c2[c-]cccc2)ncc1[Si](C)(C)C.[Ir].[Ir].[Ir].[Ir]. The van der Waals surface area contributed by atoms with Crippen molar-refractivity contribution in [3.05, 3.63) is 386 Å². The number of pyridine rings is 8. The fourth-order valence-electron chi connectivity index (χ4n) is 17.1. The maximum Gasteiger partial charge on any atom is 0.0799 e. The van der Waals surface area contributed by atoms with Crippen molar-refractivity contribution in [1.29, 1.82) is 0 Å². The maximum absolute atomic E-state index is 4.75. The minimum atomic E-state index is -1.35. The molecule has 1 saturated carbocycles. The van der Waals surface area contributed by atoms with Gasteiger partial charge in [0.1, 0.15) is 0 Å². The average molecular weight is 2800 g/mol. The van der Waals surface area contributed by atoms with E-state index in [9.17, 15) is 0 Å². The standard InChI is InChI=1S/C19H24NSi.2C18H24NSi.C16H20NSi.C15H18NSi.3C14H16NSi.4Ir/c1-21(2,3)19-14-20-18(16-11-5-4-6-12-16)13-17(19)15-9-7-8-10-15;1-14(2)11-16-12-17(15-9-7-6-8-10-15)19-13-18(16)20(3,4)5;1-6-14(2)16-12-17(15-10-8-7-9-11-15)19-13-18(16)20(3,4)5;1-12-6-8-14(9-7-12)15-10-13(2)16(11-17-15)18(3,4)5;1-12-10-14(13-8-6-5-7-9-13)16-11-15(12)17(2,3)4;3*1-16(2,3)13-9-10-14(15-11-13)12-7-5-4-6-8-12;;;;/h4-6,11,13-15H,7-10H2,1-3H3;6-9,12-14H,11H2,1-5H3;7-10,12-14H,6H2,1-5H3;6-8,10-11H,1-5H3;5-8,10-11H,1-4H3;3*4-7,9-11H,1-3H3;;;;/q8*-1;;;;. The van der Waals surface area contributed by atoms with Gasteiger partial charge in [0.05, 0.1) is 64.6 Å². The summed E-state index contributed by atoms with van der Waals surface area (Å²) in [6.45, 7) is 72.3. The average Bonchev–Trinajstić information content (AvgIpc) is 1.29. The van der Waals surface area contributed by atoms with Crippen LogP contribution in [-0.4, -0.2) is 104 Å². The zero-order valence-electron chi connectivity index (χ0n) is 93.8. The third-order valence-corrected chi connectivity index (χ3v) is 42.2. The molecule has 8 aromatic heterocycles. The Hall–Kier alpha value is -8.71. The van der Waals surface area contributed by atoms with E-state index in [1.165, 1.54) is 96.2 Å². The molecular weight excluding hydrogens is 2640 g/mol.